The van der Waals surface area contributed by atoms with Crippen LogP contribution in [0.4, 0.5) is 14.6 Å². The number of nitrogen functional groups attached to an aromatic ring is 1. The summed E-state index contributed by atoms with van der Waals surface area (Å²) in [4.78, 5) is 15.7. The summed E-state index contributed by atoms with van der Waals surface area (Å²) in [6, 6.07) is 11.4. The molecule has 8 heteroatoms. The minimum Gasteiger partial charge on any atom is -0.381 e. The smallest absolute Gasteiger partial charge is 0.167 e. The Labute approximate surface area is 192 Å². The van der Waals surface area contributed by atoms with Gasteiger partial charge < -0.3 is 10.7 Å². The number of fused-ring (bicyclic) bond motifs is 3. The van der Waals surface area contributed by atoms with Gasteiger partial charge in [0.1, 0.15) is 5.82 Å². The Morgan fingerprint density at radius 3 is 2.85 bits per heavy atom. The SMILES string of the molecule is [2H]C1c2cnccc2[C@]2(CCN(Cc3ccc(F)cc3)C2[2H])N1Cc1cc2nc(N)c(F)cc2[nH]1. The summed E-state index contributed by atoms with van der Waals surface area (Å²) >= 11 is 0. The Bertz CT molecular complexity index is 1370. The van der Waals surface area contributed by atoms with Gasteiger partial charge in [-0.3, -0.25) is 14.8 Å². The quantitative estimate of drug-likeness (QED) is 0.495. The van der Waals surface area contributed by atoms with Crippen LogP contribution in [0.25, 0.3) is 11.0 Å². The van der Waals surface area contributed by atoms with E-state index in [1.54, 1.807) is 24.5 Å². The molecule has 0 amide bonds. The zero-order valence-electron chi connectivity index (χ0n) is 19.8. The molecule has 0 saturated carbocycles. The minimum atomic E-state index is -0.722. The van der Waals surface area contributed by atoms with Crippen LogP contribution < -0.4 is 5.73 Å². The maximum atomic E-state index is 13.9. The van der Waals surface area contributed by atoms with E-state index in [0.29, 0.717) is 37.1 Å². The van der Waals surface area contributed by atoms with Crippen LogP contribution in [0.15, 0.2) is 54.9 Å². The number of halogens is 2. The standard InChI is InChI=1S/C25H24F2N6/c26-18-3-1-16(2-4-18)12-32-8-6-25(15-32)20-5-7-29-11-17(20)13-33(25)14-19-9-22-23(30-19)10-21(27)24(28)31-22/h1-5,7,9-11,30H,6,8,12-15H2,(H2,28,31)/t25-/m1/s1/i13D,15D/t13?,15?,25-. The van der Waals surface area contributed by atoms with E-state index in [4.69, 9.17) is 7.10 Å². The van der Waals surface area contributed by atoms with Crippen LogP contribution in [0, 0.1) is 11.6 Å². The highest BCUT2D eigenvalue weighted by molar-refractivity contribution is 5.77. The number of hydrogen-bond donors (Lipinski definition) is 2. The van der Waals surface area contributed by atoms with Crippen molar-refractivity contribution in [3.63, 3.8) is 0 Å². The van der Waals surface area contributed by atoms with Gasteiger partial charge in [0.25, 0.3) is 0 Å². The molecule has 33 heavy (non-hydrogen) atoms. The number of nitrogens with zero attached hydrogens (tertiary/aromatic N) is 4. The van der Waals surface area contributed by atoms with E-state index in [9.17, 15) is 10.2 Å². The molecule has 5 heterocycles. The number of aromatic amines is 1. The third-order valence-electron chi connectivity index (χ3n) is 6.58. The zero-order valence-corrected chi connectivity index (χ0v) is 17.8. The lowest BCUT2D eigenvalue weighted by atomic mass is 9.89. The molecule has 6 nitrogen and oxygen atoms in total. The number of H-pyrrole nitrogens is 1. The summed E-state index contributed by atoms with van der Waals surface area (Å²) in [6.07, 6.45) is 4.09. The second kappa shape index (κ2) is 7.60. The predicted molar refractivity (Wildman–Crippen MR) is 122 cm³/mol. The van der Waals surface area contributed by atoms with E-state index in [-0.39, 0.29) is 11.6 Å². The number of benzene rings is 1. The van der Waals surface area contributed by atoms with E-state index in [1.807, 2.05) is 17.0 Å². The largest absolute Gasteiger partial charge is 0.381 e. The van der Waals surface area contributed by atoms with Crippen LogP contribution in [-0.4, -0.2) is 37.8 Å². The number of hydrogen-bond acceptors (Lipinski definition) is 5. The van der Waals surface area contributed by atoms with Crippen LogP contribution in [-0.2, 0) is 25.1 Å². The van der Waals surface area contributed by atoms with E-state index in [0.717, 1.165) is 22.4 Å². The van der Waals surface area contributed by atoms with Crippen molar-refractivity contribution in [3.8, 4) is 0 Å². The van der Waals surface area contributed by atoms with Gasteiger partial charge in [-0.05, 0) is 47.4 Å². The summed E-state index contributed by atoms with van der Waals surface area (Å²) in [5.41, 5.74) is 9.44. The molecule has 2 aliphatic heterocycles. The van der Waals surface area contributed by atoms with E-state index in [2.05, 4.69) is 19.9 Å². The predicted octanol–water partition coefficient (Wildman–Crippen LogP) is 3.94. The molecular weight excluding hydrogens is 422 g/mol. The Kier molecular flexibility index (Phi) is 4.17. The van der Waals surface area contributed by atoms with Gasteiger partial charge in [0, 0.05) is 59.6 Å². The normalized spacial score (nSPS) is 26.1. The molecule has 1 fully saturated rings. The molecule has 6 rings (SSSR count). The summed E-state index contributed by atoms with van der Waals surface area (Å²) < 4.78 is 45.7. The first-order valence-corrected chi connectivity index (χ1v) is 10.8. The molecule has 2 unspecified atom stereocenters. The molecular formula is C25H24F2N6. The lowest BCUT2D eigenvalue weighted by molar-refractivity contribution is 0.0951. The van der Waals surface area contributed by atoms with Crippen molar-refractivity contribution in [2.45, 2.75) is 31.6 Å². The van der Waals surface area contributed by atoms with Gasteiger partial charge >= 0.3 is 0 Å². The van der Waals surface area contributed by atoms with Gasteiger partial charge in [-0.1, -0.05) is 12.1 Å². The van der Waals surface area contributed by atoms with Crippen LogP contribution >= 0.6 is 0 Å². The fourth-order valence-electron chi connectivity index (χ4n) is 5.02. The number of pyridine rings is 2. The Morgan fingerprint density at radius 2 is 2.00 bits per heavy atom. The van der Waals surface area contributed by atoms with Gasteiger partial charge in [-0.15, -0.1) is 0 Å². The molecule has 168 valence electrons. The number of aromatic nitrogens is 3. The Morgan fingerprint density at radius 1 is 1.15 bits per heavy atom. The number of rotatable bonds is 4. The highest BCUT2D eigenvalue weighted by atomic mass is 19.1. The second-order valence-corrected chi connectivity index (χ2v) is 8.70. The monoisotopic (exact) mass is 448 g/mol. The third kappa shape index (κ3) is 3.46. The van der Waals surface area contributed by atoms with Gasteiger partial charge in [-0.25, -0.2) is 13.8 Å². The van der Waals surface area contributed by atoms with Crippen molar-refractivity contribution in [3.05, 3.63) is 88.9 Å². The molecule has 3 atom stereocenters. The van der Waals surface area contributed by atoms with Crippen molar-refractivity contribution in [2.24, 2.45) is 0 Å². The first-order valence-electron chi connectivity index (χ1n) is 12.0. The number of anilines is 1. The second-order valence-electron chi connectivity index (χ2n) is 8.70. The molecule has 3 aromatic heterocycles. The lowest BCUT2D eigenvalue weighted by Gasteiger charge is -2.36. The maximum absolute atomic E-state index is 13.9. The van der Waals surface area contributed by atoms with E-state index in [1.165, 1.54) is 18.2 Å². The number of nitrogens with one attached hydrogen (secondary N) is 1. The molecule has 4 aromatic rings. The molecule has 1 saturated heterocycles. The molecule has 0 radical (unpaired) electrons. The van der Waals surface area contributed by atoms with Crippen molar-refractivity contribution < 1.29 is 11.5 Å². The summed E-state index contributed by atoms with van der Waals surface area (Å²) in [5.74, 6) is -1.03. The van der Waals surface area contributed by atoms with Crippen molar-refractivity contribution >= 4 is 16.9 Å². The number of likely N-dealkylation sites (tertiary alicyclic amines) is 1. The topological polar surface area (TPSA) is 74.1 Å². The van der Waals surface area contributed by atoms with Gasteiger partial charge in [0.05, 0.1) is 16.6 Å². The lowest BCUT2D eigenvalue weighted by Crippen LogP contribution is -2.43. The van der Waals surface area contributed by atoms with E-state index >= 15 is 0 Å². The fourth-order valence-corrected chi connectivity index (χ4v) is 5.02. The van der Waals surface area contributed by atoms with Crippen molar-refractivity contribution in [1.29, 1.82) is 0 Å². The van der Waals surface area contributed by atoms with Crippen LogP contribution in [0.2, 0.25) is 0 Å². The third-order valence-corrected chi connectivity index (χ3v) is 6.58. The van der Waals surface area contributed by atoms with Gasteiger partial charge in [0.15, 0.2) is 11.6 Å². The average Bonchev–Trinajstić information content (AvgIpc) is 3.46. The average molecular weight is 449 g/mol. The highest BCUT2D eigenvalue weighted by Gasteiger charge is 2.49. The summed E-state index contributed by atoms with van der Waals surface area (Å²) in [5, 5.41) is 0. The maximum Gasteiger partial charge on any atom is 0.167 e. The van der Waals surface area contributed by atoms with Crippen molar-refractivity contribution in [2.75, 3.05) is 18.8 Å². The van der Waals surface area contributed by atoms with Crippen LogP contribution in [0.1, 0.15) is 31.5 Å². The molecule has 3 N–H and O–H groups in total. The first kappa shape index (κ1) is 18.1. The molecule has 1 aromatic carbocycles. The van der Waals surface area contributed by atoms with Crippen LogP contribution in [0.5, 0.6) is 0 Å². The molecule has 1 spiro atoms. The molecule has 0 aliphatic carbocycles. The Balaban J connectivity index is 1.37. The first-order chi connectivity index (χ1) is 16.9. The summed E-state index contributed by atoms with van der Waals surface area (Å²) in [7, 11) is 0. The minimum absolute atomic E-state index is 0.156. The molecule has 2 aliphatic rings. The fraction of sp³-hybridized carbons (Fsp3) is 0.280. The van der Waals surface area contributed by atoms with Gasteiger partial charge in [-0.2, -0.15) is 0 Å². The zero-order chi connectivity index (χ0) is 24.3. The Hall–Kier alpha value is -3.36. The van der Waals surface area contributed by atoms with Gasteiger partial charge in [0.2, 0.25) is 0 Å². The van der Waals surface area contributed by atoms with E-state index < -0.39 is 24.4 Å². The summed E-state index contributed by atoms with van der Waals surface area (Å²) in [6.45, 7) is 0.160. The van der Waals surface area contributed by atoms with Crippen LogP contribution in [0.3, 0.4) is 0 Å². The molecule has 0 bridgehead atoms. The number of nitrogens with two attached hydrogens (primary N) is 1. The van der Waals surface area contributed by atoms with Crippen molar-refractivity contribution in [1.82, 2.24) is 24.8 Å². The highest BCUT2D eigenvalue weighted by Crippen LogP contribution is 2.46.